The molecule has 134 valence electrons. The molecule has 2 aromatic heterocycles. The summed E-state index contributed by atoms with van der Waals surface area (Å²) in [6.45, 7) is 0.676. The second-order valence-electron chi connectivity index (χ2n) is 5.36. The standard InChI is InChI=1S/C18H19N5OS2/c24-16(20-9-4-12-25-15-5-2-1-3-6-15)13-26-18-21-17(22-23-18)14-7-10-19-11-8-14/h1-3,5-8,10-11H,4,9,12-13H2,(H,20,24)(H,21,22,23). The van der Waals surface area contributed by atoms with E-state index in [9.17, 15) is 4.79 Å². The van der Waals surface area contributed by atoms with Gasteiger partial charge in [0.1, 0.15) is 0 Å². The van der Waals surface area contributed by atoms with E-state index >= 15 is 0 Å². The number of nitrogens with one attached hydrogen (secondary N) is 2. The lowest BCUT2D eigenvalue weighted by Crippen LogP contribution is -2.26. The minimum Gasteiger partial charge on any atom is -0.355 e. The Bertz CT molecular complexity index is 811. The van der Waals surface area contributed by atoms with Crippen molar-refractivity contribution in [3.63, 3.8) is 0 Å². The number of aromatic nitrogens is 4. The number of hydrogen-bond acceptors (Lipinski definition) is 6. The Balaban J connectivity index is 1.32. The highest BCUT2D eigenvalue weighted by Crippen LogP contribution is 2.19. The van der Waals surface area contributed by atoms with Gasteiger partial charge in [0.05, 0.1) is 5.75 Å². The highest BCUT2D eigenvalue weighted by atomic mass is 32.2. The zero-order valence-corrected chi connectivity index (χ0v) is 15.7. The van der Waals surface area contributed by atoms with Crippen LogP contribution in [0, 0.1) is 0 Å². The van der Waals surface area contributed by atoms with Crippen LogP contribution in [-0.2, 0) is 4.79 Å². The van der Waals surface area contributed by atoms with Gasteiger partial charge in [-0.3, -0.25) is 14.9 Å². The SMILES string of the molecule is O=C(CSc1n[nH]c(-c2ccncc2)n1)NCCCSc1ccccc1. The topological polar surface area (TPSA) is 83.6 Å². The summed E-state index contributed by atoms with van der Waals surface area (Å²) < 4.78 is 0. The molecule has 0 aliphatic heterocycles. The first kappa shape index (κ1) is 18.5. The van der Waals surface area contributed by atoms with Crippen molar-refractivity contribution >= 4 is 29.4 Å². The zero-order valence-electron chi connectivity index (χ0n) is 14.1. The Labute approximate surface area is 160 Å². The number of carbonyl (C=O) groups is 1. The molecule has 3 aromatic rings. The fraction of sp³-hybridized carbons (Fsp3) is 0.222. The summed E-state index contributed by atoms with van der Waals surface area (Å²) in [5.74, 6) is 1.95. The van der Waals surface area contributed by atoms with E-state index < -0.39 is 0 Å². The second-order valence-corrected chi connectivity index (χ2v) is 7.47. The van der Waals surface area contributed by atoms with Crippen molar-refractivity contribution in [3.05, 3.63) is 54.9 Å². The van der Waals surface area contributed by atoms with Crippen molar-refractivity contribution in [2.45, 2.75) is 16.5 Å². The summed E-state index contributed by atoms with van der Waals surface area (Å²) in [5.41, 5.74) is 0.916. The largest absolute Gasteiger partial charge is 0.355 e. The minimum atomic E-state index is -0.00466. The number of nitrogens with zero attached hydrogens (tertiary/aromatic N) is 3. The van der Waals surface area contributed by atoms with Gasteiger partial charge in [-0.2, -0.15) is 0 Å². The summed E-state index contributed by atoms with van der Waals surface area (Å²) in [7, 11) is 0. The molecule has 26 heavy (non-hydrogen) atoms. The average molecular weight is 386 g/mol. The molecule has 0 spiro atoms. The Morgan fingerprint density at radius 2 is 1.88 bits per heavy atom. The van der Waals surface area contributed by atoms with Crippen molar-refractivity contribution in [1.29, 1.82) is 0 Å². The third kappa shape index (κ3) is 5.89. The number of rotatable bonds is 9. The fourth-order valence-electron chi connectivity index (χ4n) is 2.14. The summed E-state index contributed by atoms with van der Waals surface area (Å²) in [5, 5.41) is 10.5. The van der Waals surface area contributed by atoms with E-state index in [4.69, 9.17) is 0 Å². The smallest absolute Gasteiger partial charge is 0.230 e. The number of pyridine rings is 1. The van der Waals surface area contributed by atoms with Crippen LogP contribution in [0.2, 0.25) is 0 Å². The Hall–Kier alpha value is -2.32. The monoisotopic (exact) mass is 385 g/mol. The predicted molar refractivity (Wildman–Crippen MR) is 105 cm³/mol. The van der Waals surface area contributed by atoms with Crippen LogP contribution in [0.25, 0.3) is 11.4 Å². The van der Waals surface area contributed by atoms with Crippen LogP contribution in [0.1, 0.15) is 6.42 Å². The molecule has 0 aliphatic rings. The number of carbonyl (C=O) groups excluding carboxylic acids is 1. The molecule has 0 aliphatic carbocycles. The first-order valence-electron chi connectivity index (χ1n) is 8.21. The molecule has 0 atom stereocenters. The average Bonchev–Trinajstić information content (AvgIpc) is 3.17. The van der Waals surface area contributed by atoms with E-state index in [0.29, 0.717) is 23.3 Å². The van der Waals surface area contributed by atoms with E-state index in [0.717, 1.165) is 17.7 Å². The van der Waals surface area contributed by atoms with Gasteiger partial charge in [0.2, 0.25) is 11.1 Å². The van der Waals surface area contributed by atoms with Gasteiger partial charge in [0.25, 0.3) is 0 Å². The number of amides is 1. The molecule has 0 saturated heterocycles. The number of hydrogen-bond donors (Lipinski definition) is 2. The maximum atomic E-state index is 11.9. The summed E-state index contributed by atoms with van der Waals surface area (Å²) in [4.78, 5) is 21.5. The lowest BCUT2D eigenvalue weighted by atomic mass is 10.3. The van der Waals surface area contributed by atoms with Crippen molar-refractivity contribution in [2.75, 3.05) is 18.1 Å². The predicted octanol–water partition coefficient (Wildman–Crippen LogP) is 3.26. The number of benzene rings is 1. The van der Waals surface area contributed by atoms with Gasteiger partial charge < -0.3 is 5.32 Å². The van der Waals surface area contributed by atoms with Gasteiger partial charge in [-0.05, 0) is 36.4 Å². The lowest BCUT2D eigenvalue weighted by Gasteiger charge is -2.04. The molecular weight excluding hydrogens is 366 g/mol. The van der Waals surface area contributed by atoms with Crippen molar-refractivity contribution < 1.29 is 4.79 Å². The minimum absolute atomic E-state index is 0.00466. The second kappa shape index (κ2) is 9.98. The zero-order chi connectivity index (χ0) is 18.0. The van der Waals surface area contributed by atoms with Gasteiger partial charge in [0, 0.05) is 29.4 Å². The molecule has 0 radical (unpaired) electrons. The van der Waals surface area contributed by atoms with Gasteiger partial charge in [-0.1, -0.05) is 30.0 Å². The van der Waals surface area contributed by atoms with Crippen LogP contribution in [-0.4, -0.2) is 44.1 Å². The molecular formula is C18H19N5OS2. The molecule has 0 saturated carbocycles. The summed E-state index contributed by atoms with van der Waals surface area (Å²) >= 11 is 3.12. The highest BCUT2D eigenvalue weighted by Gasteiger charge is 2.08. The van der Waals surface area contributed by atoms with Crippen molar-refractivity contribution in [2.24, 2.45) is 0 Å². The molecule has 6 nitrogen and oxygen atoms in total. The maximum Gasteiger partial charge on any atom is 0.230 e. The summed E-state index contributed by atoms with van der Waals surface area (Å²) in [6, 6.07) is 14.0. The van der Waals surface area contributed by atoms with E-state index in [-0.39, 0.29) is 5.91 Å². The first-order valence-corrected chi connectivity index (χ1v) is 10.2. The molecule has 1 amide bonds. The summed E-state index contributed by atoms with van der Waals surface area (Å²) in [6.07, 6.45) is 4.34. The fourth-order valence-corrected chi connectivity index (χ4v) is 3.64. The molecule has 0 fully saturated rings. The molecule has 2 heterocycles. The number of thioether (sulfide) groups is 2. The van der Waals surface area contributed by atoms with Gasteiger partial charge >= 0.3 is 0 Å². The molecule has 2 N–H and O–H groups in total. The van der Waals surface area contributed by atoms with Gasteiger partial charge in [0.15, 0.2) is 5.82 Å². The van der Waals surface area contributed by atoms with Crippen molar-refractivity contribution in [1.82, 2.24) is 25.5 Å². The van der Waals surface area contributed by atoms with Crippen LogP contribution in [0.3, 0.4) is 0 Å². The maximum absolute atomic E-state index is 11.9. The first-order chi connectivity index (χ1) is 12.8. The molecule has 0 unspecified atom stereocenters. The molecule has 3 rings (SSSR count). The van der Waals surface area contributed by atoms with E-state index in [1.54, 1.807) is 24.2 Å². The van der Waals surface area contributed by atoms with Crippen LogP contribution in [0.5, 0.6) is 0 Å². The molecule has 8 heteroatoms. The van der Waals surface area contributed by atoms with E-state index in [2.05, 4.69) is 37.6 Å². The van der Waals surface area contributed by atoms with Crippen LogP contribution in [0.4, 0.5) is 0 Å². The Morgan fingerprint density at radius 1 is 1.08 bits per heavy atom. The number of H-pyrrole nitrogens is 1. The quantitative estimate of drug-likeness (QED) is 0.434. The third-order valence-electron chi connectivity index (χ3n) is 3.41. The lowest BCUT2D eigenvalue weighted by molar-refractivity contribution is -0.118. The van der Waals surface area contributed by atoms with Crippen LogP contribution >= 0.6 is 23.5 Å². The highest BCUT2D eigenvalue weighted by molar-refractivity contribution is 7.99. The van der Waals surface area contributed by atoms with E-state index in [1.807, 2.05) is 30.3 Å². The van der Waals surface area contributed by atoms with E-state index in [1.165, 1.54) is 16.7 Å². The number of aromatic amines is 1. The van der Waals surface area contributed by atoms with Crippen LogP contribution in [0.15, 0.2) is 64.9 Å². The van der Waals surface area contributed by atoms with Gasteiger partial charge in [-0.15, -0.1) is 16.9 Å². The normalized spacial score (nSPS) is 10.6. The Kier molecular flexibility index (Phi) is 7.09. The Morgan fingerprint density at radius 3 is 2.69 bits per heavy atom. The molecule has 1 aromatic carbocycles. The van der Waals surface area contributed by atoms with Crippen LogP contribution < -0.4 is 5.32 Å². The third-order valence-corrected chi connectivity index (χ3v) is 5.35. The van der Waals surface area contributed by atoms with Gasteiger partial charge in [-0.25, -0.2) is 4.98 Å². The molecule has 0 bridgehead atoms. The van der Waals surface area contributed by atoms with Crippen molar-refractivity contribution in [3.8, 4) is 11.4 Å².